The Labute approximate surface area is 120 Å². The Balaban J connectivity index is 1.97. The van der Waals surface area contributed by atoms with Crippen molar-refractivity contribution in [3.63, 3.8) is 0 Å². The lowest BCUT2D eigenvalue weighted by atomic mass is 10.0. The number of hydrogen-bond acceptors (Lipinski definition) is 2. The third-order valence-corrected chi connectivity index (χ3v) is 3.56. The molecule has 104 valence electrons. The molecule has 2 aromatic rings. The Morgan fingerprint density at radius 1 is 1.05 bits per heavy atom. The predicted molar refractivity (Wildman–Crippen MR) is 81.1 cm³/mol. The van der Waals surface area contributed by atoms with Crippen LogP contribution in [0.25, 0.3) is 0 Å². The normalized spacial score (nSPS) is 12.2. The van der Waals surface area contributed by atoms with Gasteiger partial charge in [0.25, 0.3) is 0 Å². The first-order valence-corrected chi connectivity index (χ1v) is 6.85. The lowest BCUT2D eigenvalue weighted by Gasteiger charge is -2.13. The van der Waals surface area contributed by atoms with Crippen LogP contribution in [0.2, 0.25) is 0 Å². The third-order valence-electron chi connectivity index (χ3n) is 3.56. The number of benzene rings is 2. The predicted octanol–water partition coefficient (Wildman–Crippen LogP) is 4.26. The Bertz CT molecular complexity index is 588. The van der Waals surface area contributed by atoms with Gasteiger partial charge in [-0.3, -0.25) is 4.79 Å². The molecule has 0 N–H and O–H groups in total. The van der Waals surface area contributed by atoms with Crippen molar-refractivity contribution in [1.29, 1.82) is 0 Å². The fraction of sp³-hybridized carbons (Fsp3) is 0.278. The fourth-order valence-electron chi connectivity index (χ4n) is 2.02. The van der Waals surface area contributed by atoms with Gasteiger partial charge in [-0.2, -0.15) is 0 Å². The SMILES string of the molecule is Cc1ccc(C(=O)COC(C)c2ccccc2)cc1C. The van der Waals surface area contributed by atoms with Gasteiger partial charge < -0.3 is 4.74 Å². The summed E-state index contributed by atoms with van der Waals surface area (Å²) in [6, 6.07) is 15.7. The molecular weight excluding hydrogens is 248 g/mol. The highest BCUT2D eigenvalue weighted by Crippen LogP contribution is 2.17. The van der Waals surface area contributed by atoms with E-state index in [1.807, 2.05) is 69.3 Å². The molecule has 1 atom stereocenters. The minimum absolute atomic E-state index is 0.0240. The van der Waals surface area contributed by atoms with Crippen LogP contribution in [0.5, 0.6) is 0 Å². The summed E-state index contributed by atoms with van der Waals surface area (Å²) in [4.78, 5) is 12.1. The van der Waals surface area contributed by atoms with E-state index >= 15 is 0 Å². The summed E-state index contributed by atoms with van der Waals surface area (Å²) in [6.07, 6.45) is -0.0771. The third kappa shape index (κ3) is 3.55. The van der Waals surface area contributed by atoms with Gasteiger partial charge in [0.05, 0.1) is 6.10 Å². The zero-order valence-electron chi connectivity index (χ0n) is 12.2. The van der Waals surface area contributed by atoms with Crippen molar-refractivity contribution in [2.45, 2.75) is 26.9 Å². The van der Waals surface area contributed by atoms with Gasteiger partial charge in [-0.25, -0.2) is 0 Å². The second-order valence-corrected chi connectivity index (χ2v) is 5.09. The van der Waals surface area contributed by atoms with Crippen molar-refractivity contribution in [1.82, 2.24) is 0 Å². The molecule has 0 aliphatic rings. The van der Waals surface area contributed by atoms with Crippen molar-refractivity contribution in [3.05, 3.63) is 70.8 Å². The molecule has 0 saturated heterocycles. The van der Waals surface area contributed by atoms with E-state index < -0.39 is 0 Å². The first-order valence-electron chi connectivity index (χ1n) is 6.85. The average Bonchev–Trinajstić information content (AvgIpc) is 2.48. The van der Waals surface area contributed by atoms with Crippen LogP contribution in [0.3, 0.4) is 0 Å². The van der Waals surface area contributed by atoms with Gasteiger partial charge in [0.1, 0.15) is 6.61 Å². The van der Waals surface area contributed by atoms with E-state index in [9.17, 15) is 4.79 Å². The van der Waals surface area contributed by atoms with Crippen molar-refractivity contribution in [2.24, 2.45) is 0 Å². The Morgan fingerprint density at radius 3 is 2.40 bits per heavy atom. The molecule has 0 amide bonds. The Morgan fingerprint density at radius 2 is 1.75 bits per heavy atom. The molecule has 0 bridgehead atoms. The second kappa shape index (κ2) is 6.49. The molecule has 0 fully saturated rings. The van der Waals surface area contributed by atoms with Crippen LogP contribution in [0.1, 0.15) is 40.1 Å². The topological polar surface area (TPSA) is 26.3 Å². The molecule has 2 nitrogen and oxygen atoms in total. The van der Waals surface area contributed by atoms with Crippen molar-refractivity contribution >= 4 is 5.78 Å². The standard InChI is InChI=1S/C18H20O2/c1-13-9-10-17(11-14(13)2)18(19)12-20-15(3)16-7-5-4-6-8-16/h4-11,15H,12H2,1-3H3. The molecule has 0 heterocycles. The summed E-state index contributed by atoms with van der Waals surface area (Å²) < 4.78 is 5.66. The number of hydrogen-bond donors (Lipinski definition) is 0. The summed E-state index contributed by atoms with van der Waals surface area (Å²) in [5, 5.41) is 0. The van der Waals surface area contributed by atoms with Gasteiger partial charge in [0, 0.05) is 5.56 Å². The summed E-state index contributed by atoms with van der Waals surface area (Å²) in [5.41, 5.74) is 4.13. The van der Waals surface area contributed by atoms with Gasteiger partial charge in [-0.1, -0.05) is 42.5 Å². The van der Waals surface area contributed by atoms with Crippen LogP contribution < -0.4 is 0 Å². The number of aryl methyl sites for hydroxylation is 2. The summed E-state index contributed by atoms with van der Waals surface area (Å²) >= 11 is 0. The molecule has 2 heteroatoms. The molecule has 0 aliphatic carbocycles. The number of rotatable bonds is 5. The van der Waals surface area contributed by atoms with Gasteiger partial charge in [-0.05, 0) is 43.5 Å². The van der Waals surface area contributed by atoms with E-state index in [1.165, 1.54) is 5.56 Å². The number of ketones is 1. The van der Waals surface area contributed by atoms with E-state index in [2.05, 4.69) is 0 Å². The quantitative estimate of drug-likeness (QED) is 0.757. The molecule has 2 aromatic carbocycles. The van der Waals surface area contributed by atoms with E-state index in [4.69, 9.17) is 4.74 Å². The maximum atomic E-state index is 12.1. The van der Waals surface area contributed by atoms with Crippen LogP contribution in [0.4, 0.5) is 0 Å². The molecule has 0 saturated carbocycles. The van der Waals surface area contributed by atoms with Crippen LogP contribution in [0.15, 0.2) is 48.5 Å². The molecular formula is C18H20O2. The van der Waals surface area contributed by atoms with Crippen molar-refractivity contribution < 1.29 is 9.53 Å². The van der Waals surface area contributed by atoms with Crippen LogP contribution in [-0.2, 0) is 4.74 Å². The largest absolute Gasteiger partial charge is 0.366 e. The smallest absolute Gasteiger partial charge is 0.188 e. The van der Waals surface area contributed by atoms with Crippen LogP contribution >= 0.6 is 0 Å². The van der Waals surface area contributed by atoms with Crippen molar-refractivity contribution in [3.8, 4) is 0 Å². The summed E-state index contributed by atoms with van der Waals surface area (Å²) in [5.74, 6) is 0.0240. The van der Waals surface area contributed by atoms with E-state index in [0.717, 1.165) is 11.1 Å². The number of ether oxygens (including phenoxy) is 1. The highest BCUT2D eigenvalue weighted by atomic mass is 16.5. The number of carbonyl (C=O) groups excluding carboxylic acids is 1. The lowest BCUT2D eigenvalue weighted by Crippen LogP contribution is -2.12. The van der Waals surface area contributed by atoms with Gasteiger partial charge in [-0.15, -0.1) is 0 Å². The molecule has 0 aliphatic heterocycles. The molecule has 1 unspecified atom stereocenters. The van der Waals surface area contributed by atoms with Crippen LogP contribution in [-0.4, -0.2) is 12.4 Å². The minimum atomic E-state index is -0.0771. The zero-order chi connectivity index (χ0) is 14.5. The molecule has 0 aromatic heterocycles. The Kier molecular flexibility index (Phi) is 4.70. The summed E-state index contributed by atoms with van der Waals surface area (Å²) in [6.45, 7) is 6.12. The molecule has 20 heavy (non-hydrogen) atoms. The number of carbonyl (C=O) groups is 1. The molecule has 2 rings (SSSR count). The number of Topliss-reactive ketones (excluding diaryl/α,β-unsaturated/α-hetero) is 1. The average molecular weight is 268 g/mol. The molecule has 0 spiro atoms. The highest BCUT2D eigenvalue weighted by Gasteiger charge is 2.11. The lowest BCUT2D eigenvalue weighted by molar-refractivity contribution is 0.0521. The maximum Gasteiger partial charge on any atom is 0.188 e. The van der Waals surface area contributed by atoms with E-state index in [0.29, 0.717) is 5.56 Å². The highest BCUT2D eigenvalue weighted by molar-refractivity contribution is 5.97. The van der Waals surface area contributed by atoms with E-state index in [1.54, 1.807) is 0 Å². The van der Waals surface area contributed by atoms with Gasteiger partial charge >= 0.3 is 0 Å². The zero-order valence-corrected chi connectivity index (χ0v) is 12.2. The molecule has 0 radical (unpaired) electrons. The minimum Gasteiger partial charge on any atom is -0.366 e. The van der Waals surface area contributed by atoms with Gasteiger partial charge in [0.15, 0.2) is 5.78 Å². The first-order chi connectivity index (χ1) is 9.58. The first kappa shape index (κ1) is 14.5. The Hall–Kier alpha value is -1.93. The monoisotopic (exact) mass is 268 g/mol. The van der Waals surface area contributed by atoms with Crippen LogP contribution in [0, 0.1) is 13.8 Å². The maximum absolute atomic E-state index is 12.1. The van der Waals surface area contributed by atoms with E-state index in [-0.39, 0.29) is 18.5 Å². The van der Waals surface area contributed by atoms with Crippen molar-refractivity contribution in [2.75, 3.05) is 6.61 Å². The second-order valence-electron chi connectivity index (χ2n) is 5.09. The fourth-order valence-corrected chi connectivity index (χ4v) is 2.02. The van der Waals surface area contributed by atoms with Gasteiger partial charge in [0.2, 0.25) is 0 Å². The summed E-state index contributed by atoms with van der Waals surface area (Å²) in [7, 11) is 0.